The molecule has 0 bridgehead atoms. The number of likely N-dealkylation sites (N-methyl/N-ethyl adjacent to an activating group) is 7. The fraction of sp³-hybridized carbons (Fsp3) is 0.771. The molecule has 3 unspecified atom stereocenters. The molecule has 4 aliphatic carbocycles. The van der Waals surface area contributed by atoms with E-state index >= 15 is 19.2 Å². The summed E-state index contributed by atoms with van der Waals surface area (Å²) >= 11 is 0. The smallest absolute Gasteiger partial charge is 0.466 e. The Kier molecular flexibility index (Phi) is 47.1. The van der Waals surface area contributed by atoms with Crippen molar-refractivity contribution in [3.63, 3.8) is 0 Å². The zero-order valence-corrected chi connectivity index (χ0v) is 87.6. The van der Waals surface area contributed by atoms with Crippen LogP contribution in [0.25, 0.3) is 0 Å². The molecule has 5 rings (SSSR count). The molecule has 5 aliphatic rings. The van der Waals surface area contributed by atoms with Crippen LogP contribution in [0.4, 0.5) is 4.79 Å². The van der Waals surface area contributed by atoms with Gasteiger partial charge >= 0.3 is 30.0 Å². The Morgan fingerprint density at radius 2 is 1.01 bits per heavy atom. The normalized spacial score (nSPS) is 28.4. The van der Waals surface area contributed by atoms with Crippen LogP contribution >= 0.6 is 0 Å². The van der Waals surface area contributed by atoms with E-state index in [4.69, 9.17) is 28.4 Å². The number of ether oxygens (including phenoxy) is 6. The van der Waals surface area contributed by atoms with E-state index in [9.17, 15) is 77.3 Å². The summed E-state index contributed by atoms with van der Waals surface area (Å²) in [5, 5.41) is 23.8. The highest BCUT2D eigenvalue weighted by atomic mass is 16.8. The van der Waals surface area contributed by atoms with Crippen molar-refractivity contribution in [1.29, 1.82) is 0 Å². The van der Waals surface area contributed by atoms with Gasteiger partial charge in [-0.25, -0.2) is 4.79 Å². The molecule has 0 aromatic heterocycles. The predicted molar refractivity (Wildman–Crippen MR) is 516 cm³/mol. The average molecular weight is 1940 g/mol. The van der Waals surface area contributed by atoms with Crippen LogP contribution < -0.4 is 0 Å². The van der Waals surface area contributed by atoms with E-state index < -0.39 is 246 Å². The van der Waals surface area contributed by atoms with Crippen molar-refractivity contribution in [2.24, 2.45) is 93.7 Å². The third kappa shape index (κ3) is 32.1. The molecule has 33 heteroatoms. The summed E-state index contributed by atoms with van der Waals surface area (Å²) in [7, 11) is 9.88. The minimum absolute atomic E-state index is 0.00415. The number of amides is 7. The largest absolute Gasteiger partial charge is 0.511 e. The molecule has 0 radical (unpaired) electrons. The Labute approximate surface area is 819 Å². The molecule has 3 saturated carbocycles. The fourth-order valence-electron chi connectivity index (χ4n) is 21.2. The number of Topliss-reactive ketones (excluding diaryl/α,β-unsaturated/α-hetero) is 5. The quantitative estimate of drug-likeness (QED) is 0.0193. The molecule has 4 fully saturated rings. The van der Waals surface area contributed by atoms with Crippen LogP contribution in [-0.2, 0) is 110 Å². The van der Waals surface area contributed by atoms with Crippen molar-refractivity contribution in [2.75, 3.05) is 82.5 Å². The first-order valence-corrected chi connectivity index (χ1v) is 50.4. The van der Waals surface area contributed by atoms with Crippen LogP contribution in [0.2, 0.25) is 0 Å². The molecule has 0 spiro atoms. The van der Waals surface area contributed by atoms with Crippen LogP contribution in [-0.4, -0.2) is 287 Å². The standard InChI is InChI=1S/C105H167N7O26/c1-27-29-36-68(15)95(138-102(131)137-61-136-91(124)42-41-90(123)134-48-35-30-32-37-88(121)133-47-34-31-33-38-89(122)135-60-86(119)105(132)46-44-76-74-40-39-72-56-73(113)43-45-103(72,18)92(74)85(118)58-104(76,105)19)94-84(117)55-71(28-2)97(126)106(20)59-87(120)107(21)77(49-62(3)4)83(116)57-75(66(11)12)98(127)108(22)78(50-63(5)6)82(115)53-69(16)81(114)54-70(17)96(125)109(23)79(51-64(7)8)99(128)110(24)80(52-65(9)10)100(129)111(25)93(67(13)14)101(130)112(94)26/h27,29,43,45,56,62-71,74-80,85,92-95,118,132H,28,30-42,44,46-55,57-61H2,1-26H3/b29-27+/t68-,69+,70-,71+,74?,75-,76?,77+,78-,79-,80-,85+,92?,93-,94+,95-,103+,104+,105+/m1/s1. The summed E-state index contributed by atoms with van der Waals surface area (Å²) in [6.45, 7) is 31.7. The number of rotatable bonds is 36. The number of allylic oxidation sites excluding steroid dienone is 6. The predicted octanol–water partition coefficient (Wildman–Crippen LogP) is 12.4. The Bertz CT molecular complexity index is 4340. The highest BCUT2D eigenvalue weighted by Crippen LogP contribution is 2.67. The number of carbonyl (C=O) groups is 18. The number of esters is 4. The average Bonchev–Trinajstić information content (AvgIpc) is 1.50. The lowest BCUT2D eigenvalue weighted by atomic mass is 9.46. The summed E-state index contributed by atoms with van der Waals surface area (Å²) in [5.74, 6) is -17.1. The molecule has 33 nitrogen and oxygen atoms in total. The highest BCUT2D eigenvalue weighted by Gasteiger charge is 2.68. The molecule has 778 valence electrons. The van der Waals surface area contributed by atoms with Crippen molar-refractivity contribution in [3.8, 4) is 0 Å². The van der Waals surface area contributed by atoms with Gasteiger partial charge in [-0.05, 0) is 181 Å². The summed E-state index contributed by atoms with van der Waals surface area (Å²) in [4.78, 5) is 266. The fourth-order valence-corrected chi connectivity index (χ4v) is 21.2. The molecule has 1 saturated heterocycles. The Morgan fingerprint density at radius 1 is 0.514 bits per heavy atom. The van der Waals surface area contributed by atoms with Crippen LogP contribution in [0.5, 0.6) is 0 Å². The topological polar surface area (TPSA) is 426 Å². The van der Waals surface area contributed by atoms with Gasteiger partial charge in [-0.3, -0.25) is 81.5 Å². The summed E-state index contributed by atoms with van der Waals surface area (Å²) in [6.07, 6.45) is 7.94. The second-order valence-electron chi connectivity index (χ2n) is 42.7. The van der Waals surface area contributed by atoms with Gasteiger partial charge in [-0.15, -0.1) is 0 Å². The maximum atomic E-state index is 15.9. The van der Waals surface area contributed by atoms with Crippen LogP contribution in [0.1, 0.15) is 292 Å². The molecule has 138 heavy (non-hydrogen) atoms. The summed E-state index contributed by atoms with van der Waals surface area (Å²) in [6, 6.07) is -7.76. The number of hydrogen-bond acceptors (Lipinski definition) is 26. The third-order valence-corrected chi connectivity index (χ3v) is 29.5. The zero-order chi connectivity index (χ0) is 104. The van der Waals surface area contributed by atoms with E-state index in [2.05, 4.69) is 6.92 Å². The Balaban J connectivity index is 1.28. The number of aliphatic hydroxyl groups excluding tert-OH is 1. The van der Waals surface area contributed by atoms with Crippen molar-refractivity contribution in [1.82, 2.24) is 34.3 Å². The van der Waals surface area contributed by atoms with Gasteiger partial charge in [-0.1, -0.05) is 148 Å². The monoisotopic (exact) mass is 1940 g/mol. The van der Waals surface area contributed by atoms with E-state index in [1.165, 1.54) is 73.8 Å². The summed E-state index contributed by atoms with van der Waals surface area (Å²) < 4.78 is 32.7. The van der Waals surface area contributed by atoms with E-state index in [1.807, 2.05) is 68.4 Å². The molecular weight excluding hydrogens is 1780 g/mol. The van der Waals surface area contributed by atoms with Gasteiger partial charge in [0.2, 0.25) is 53.9 Å². The van der Waals surface area contributed by atoms with Gasteiger partial charge in [0.1, 0.15) is 41.7 Å². The first kappa shape index (κ1) is 119. The maximum Gasteiger partial charge on any atom is 0.511 e. The number of hydrogen-bond donors (Lipinski definition) is 2. The van der Waals surface area contributed by atoms with Crippen LogP contribution in [0, 0.1) is 93.7 Å². The van der Waals surface area contributed by atoms with Crippen molar-refractivity contribution < 1.29 is 125 Å². The lowest BCUT2D eigenvalue weighted by molar-refractivity contribution is -0.181. The number of fused-ring (bicyclic) bond motifs is 5. The molecule has 1 aliphatic heterocycles. The molecule has 2 N–H and O–H groups in total. The van der Waals surface area contributed by atoms with E-state index in [0.717, 1.165) is 21.8 Å². The molecule has 7 amide bonds. The van der Waals surface area contributed by atoms with Gasteiger partial charge < -0.3 is 72.9 Å². The van der Waals surface area contributed by atoms with Crippen molar-refractivity contribution in [2.45, 2.75) is 346 Å². The molecule has 1 heterocycles. The van der Waals surface area contributed by atoms with E-state index in [-0.39, 0.29) is 144 Å². The Morgan fingerprint density at radius 3 is 1.54 bits per heavy atom. The first-order valence-electron chi connectivity index (χ1n) is 50.4. The van der Waals surface area contributed by atoms with Gasteiger partial charge in [0.05, 0.1) is 50.8 Å². The van der Waals surface area contributed by atoms with Gasteiger partial charge in [-0.2, -0.15) is 0 Å². The molecule has 0 aromatic carbocycles. The number of aliphatic hydroxyl groups is 2. The summed E-state index contributed by atoms with van der Waals surface area (Å²) in [5.41, 5.74) is -2.22. The van der Waals surface area contributed by atoms with Crippen molar-refractivity contribution >= 4 is 106 Å². The van der Waals surface area contributed by atoms with Crippen molar-refractivity contribution in [3.05, 3.63) is 36.0 Å². The lowest BCUT2D eigenvalue weighted by Crippen LogP contribution is -2.62. The lowest BCUT2D eigenvalue weighted by Gasteiger charge is -2.59. The second-order valence-corrected chi connectivity index (χ2v) is 42.7. The minimum Gasteiger partial charge on any atom is -0.466 e. The highest BCUT2D eigenvalue weighted by molar-refractivity contribution is 6.02. The number of unbranched alkanes of at least 4 members (excludes halogenated alkanes) is 4. The van der Waals surface area contributed by atoms with Gasteiger partial charge in [0.25, 0.3) is 0 Å². The SMILES string of the molecule is C/C=C/C[C@@H](C)[C@@H](OC(=O)OCOC(=O)CCC(=O)OCCCCCC(=O)OCCCCCC(=O)OCC(=O)[C@@]1(O)CCC2C3CCC4=CC(=O)C=C[C@]4(C)C3[C@@H](O)C[C@@]21C)[C@@H]1C(=O)C[C@H](CC)C(=O)N(C)CC(=O)N(C)[C@@H](CC(C)C)C(=O)C[C@H](C(C)C)C(=O)N(C)[C@H](CC(C)C)C(=O)C[C@H](C)C(=O)C[C@@H](C)C(=O)N(C)[C@H](CC(C)C)C(=O)N(C)[C@H](CC(C)C)C(=O)N(C)[C@H](C(C)C)C(=O)N1C. The molecular formula is C105H167N7O26. The molecule has 19 atom stereocenters. The van der Waals surface area contributed by atoms with Gasteiger partial charge in [0.15, 0.2) is 29.7 Å². The van der Waals surface area contributed by atoms with Crippen LogP contribution in [0.15, 0.2) is 36.0 Å². The van der Waals surface area contributed by atoms with Crippen LogP contribution in [0.3, 0.4) is 0 Å². The van der Waals surface area contributed by atoms with Gasteiger partial charge in [0, 0.05) is 128 Å². The number of ketones is 6. The number of carbonyl (C=O) groups excluding carboxylic acids is 18. The minimum atomic E-state index is -1.79. The zero-order valence-electron chi connectivity index (χ0n) is 87.6. The number of nitrogens with zero attached hydrogens (tertiary/aromatic N) is 7. The molecule has 0 aromatic rings. The first-order chi connectivity index (χ1) is 64.5. The maximum absolute atomic E-state index is 15.9. The third-order valence-electron chi connectivity index (χ3n) is 29.5. The second kappa shape index (κ2) is 54.6. The Hall–Kier alpha value is -9.40. The van der Waals surface area contributed by atoms with E-state index in [1.54, 1.807) is 86.6 Å². The van der Waals surface area contributed by atoms with E-state index in [0.29, 0.717) is 51.4 Å².